The van der Waals surface area contributed by atoms with Gasteiger partial charge in [0.15, 0.2) is 0 Å². The number of aromatic hydroxyl groups is 1. The molecule has 2 aromatic heterocycles. The van der Waals surface area contributed by atoms with Crippen molar-refractivity contribution in [3.05, 3.63) is 100 Å². The third kappa shape index (κ3) is 6.86. The predicted molar refractivity (Wildman–Crippen MR) is 166 cm³/mol. The summed E-state index contributed by atoms with van der Waals surface area (Å²) in [4.78, 5) is 22.2. The Hall–Kier alpha value is -5.26. The van der Waals surface area contributed by atoms with E-state index in [-0.39, 0.29) is 22.5 Å². The molecule has 4 aromatic rings. The molecule has 220 valence electrons. The minimum absolute atomic E-state index is 0.0786. The van der Waals surface area contributed by atoms with Crippen molar-refractivity contribution in [3.63, 3.8) is 0 Å². The second kappa shape index (κ2) is 13.8. The minimum atomic E-state index is -0.584. The number of anilines is 1. The summed E-state index contributed by atoms with van der Waals surface area (Å²) < 4.78 is 0. The average molecular weight is 606 g/mol. The number of nitrogens with zero attached hydrogens (tertiary/aromatic N) is 5. The van der Waals surface area contributed by atoms with Crippen molar-refractivity contribution in [1.29, 1.82) is 10.5 Å². The van der Waals surface area contributed by atoms with E-state index in [4.69, 9.17) is 21.8 Å². The highest BCUT2D eigenvalue weighted by molar-refractivity contribution is 6.32. The van der Waals surface area contributed by atoms with Crippen LogP contribution in [0.4, 0.5) is 5.82 Å². The number of phenols is 1. The second-order valence-corrected chi connectivity index (χ2v) is 10.7. The number of carbonyl (C=O) groups excluding carboxylic acids is 1. The van der Waals surface area contributed by atoms with E-state index in [1.54, 1.807) is 48.2 Å². The predicted octanol–water partition coefficient (Wildman–Crippen LogP) is 5.19. The largest absolute Gasteiger partial charge is 0.506 e. The van der Waals surface area contributed by atoms with Gasteiger partial charge < -0.3 is 15.3 Å². The number of phenolic OH excluding ortho intramolecular Hbond substituents is 1. The Morgan fingerprint density at radius 3 is 2.41 bits per heavy atom. The second-order valence-electron chi connectivity index (χ2n) is 10.3. The van der Waals surface area contributed by atoms with Crippen LogP contribution in [0.3, 0.4) is 0 Å². The molecule has 10 nitrogen and oxygen atoms in total. The smallest absolute Gasteiger partial charge is 0.267 e. The number of benzene rings is 2. The molecule has 1 aliphatic heterocycles. The summed E-state index contributed by atoms with van der Waals surface area (Å²) in [6.07, 6.45) is 7.86. The van der Waals surface area contributed by atoms with Crippen molar-refractivity contribution in [2.24, 2.45) is 0 Å². The number of amides is 1. The summed E-state index contributed by atoms with van der Waals surface area (Å²) in [5, 5.41) is 42.3. The number of halogens is 1. The van der Waals surface area contributed by atoms with E-state index in [1.165, 1.54) is 12.1 Å². The van der Waals surface area contributed by atoms with E-state index in [9.17, 15) is 20.4 Å². The monoisotopic (exact) mass is 605 g/mol. The van der Waals surface area contributed by atoms with E-state index in [0.717, 1.165) is 24.0 Å². The highest BCUT2D eigenvalue weighted by atomic mass is 35.5. The zero-order chi connectivity index (χ0) is 31.1. The molecule has 0 unspecified atom stereocenters. The van der Waals surface area contributed by atoms with Crippen molar-refractivity contribution in [2.45, 2.75) is 25.4 Å². The van der Waals surface area contributed by atoms with Crippen LogP contribution in [0.1, 0.15) is 35.2 Å². The van der Waals surface area contributed by atoms with Gasteiger partial charge in [-0.2, -0.15) is 10.5 Å². The van der Waals surface area contributed by atoms with E-state index in [1.807, 2.05) is 30.3 Å². The van der Waals surface area contributed by atoms with Crippen LogP contribution in [0.2, 0.25) is 5.02 Å². The number of rotatable bonds is 8. The van der Waals surface area contributed by atoms with Crippen molar-refractivity contribution in [1.82, 2.24) is 20.8 Å². The summed E-state index contributed by atoms with van der Waals surface area (Å²) in [5.74, 6) is -0.0877. The maximum absolute atomic E-state index is 11.2. The maximum Gasteiger partial charge on any atom is 0.267 e. The van der Waals surface area contributed by atoms with Crippen LogP contribution in [0.15, 0.2) is 73.1 Å². The molecule has 2 aromatic carbocycles. The molecule has 0 atom stereocenters. The number of pyridine rings is 2. The summed E-state index contributed by atoms with van der Waals surface area (Å²) >= 11 is 6.05. The van der Waals surface area contributed by atoms with Crippen molar-refractivity contribution in [3.8, 4) is 40.1 Å². The average Bonchev–Trinajstić information content (AvgIpc) is 3.07. The number of piperidine rings is 1. The lowest BCUT2D eigenvalue weighted by atomic mass is 9.92. The first kappa shape index (κ1) is 30.2. The summed E-state index contributed by atoms with van der Waals surface area (Å²) in [6, 6.07) is 20.7. The number of nitriles is 2. The first-order valence-electron chi connectivity index (χ1n) is 13.9. The van der Waals surface area contributed by atoms with E-state index in [2.05, 4.69) is 21.3 Å². The highest BCUT2D eigenvalue weighted by Crippen LogP contribution is 2.40. The molecule has 44 heavy (non-hydrogen) atoms. The number of aromatic nitrogens is 2. The SMILES string of the molecule is N#Cc1ccc(-c2c(-c3ccc(Cl)c(O)c3)cnc(N3CCC(NCc4ccc(/C=C/C(=O)NO)cc4)CC3)c2C#N)cn1. The van der Waals surface area contributed by atoms with Crippen molar-refractivity contribution >= 4 is 29.4 Å². The first-order valence-corrected chi connectivity index (χ1v) is 14.3. The van der Waals surface area contributed by atoms with Crippen LogP contribution in [-0.4, -0.2) is 45.3 Å². The molecule has 0 spiro atoms. The quantitative estimate of drug-likeness (QED) is 0.120. The zero-order valence-corrected chi connectivity index (χ0v) is 24.3. The molecular weight excluding hydrogens is 578 g/mol. The van der Waals surface area contributed by atoms with E-state index < -0.39 is 5.91 Å². The molecule has 5 rings (SSSR count). The molecule has 1 fully saturated rings. The Morgan fingerprint density at radius 1 is 1.02 bits per heavy atom. The van der Waals surface area contributed by atoms with Crippen LogP contribution in [0.5, 0.6) is 5.75 Å². The number of hydrogen-bond acceptors (Lipinski definition) is 9. The zero-order valence-electron chi connectivity index (χ0n) is 23.5. The van der Waals surface area contributed by atoms with Gasteiger partial charge >= 0.3 is 0 Å². The Bertz CT molecular complexity index is 1770. The molecule has 1 aliphatic rings. The Morgan fingerprint density at radius 2 is 1.77 bits per heavy atom. The lowest BCUT2D eigenvalue weighted by Gasteiger charge is -2.34. The lowest BCUT2D eigenvalue weighted by molar-refractivity contribution is -0.124. The first-order chi connectivity index (χ1) is 21.4. The van der Waals surface area contributed by atoms with Crippen LogP contribution < -0.4 is 15.7 Å². The molecule has 0 saturated carbocycles. The molecule has 11 heteroatoms. The van der Waals surface area contributed by atoms with E-state index >= 15 is 0 Å². The number of nitrogens with one attached hydrogen (secondary N) is 2. The van der Waals surface area contributed by atoms with Gasteiger partial charge in [-0.15, -0.1) is 0 Å². The van der Waals surface area contributed by atoms with Gasteiger partial charge in [0.2, 0.25) is 0 Å². The fraction of sp³-hybridized carbons (Fsp3) is 0.182. The van der Waals surface area contributed by atoms with Crippen molar-refractivity contribution < 1.29 is 15.1 Å². The van der Waals surface area contributed by atoms with E-state index in [0.29, 0.717) is 53.3 Å². The molecule has 0 radical (unpaired) electrons. The molecule has 4 N–H and O–H groups in total. The highest BCUT2D eigenvalue weighted by Gasteiger charge is 2.26. The van der Waals surface area contributed by atoms with Crippen molar-refractivity contribution in [2.75, 3.05) is 18.0 Å². The standard InChI is InChI=1S/C33H28ClN7O3/c34-29-9-7-23(15-30(29)42)28-20-39-33(27(17-36)32(28)24-6-8-26(16-35)38-19-24)41-13-11-25(12-14-41)37-18-22-3-1-21(2-4-22)5-10-31(43)40-44/h1-10,15,19-20,25,37,42,44H,11-14,18H2,(H,40,43)/b10-5+. The van der Waals surface area contributed by atoms with Crippen LogP contribution in [0.25, 0.3) is 28.3 Å². The van der Waals surface area contributed by atoms with Gasteiger partial charge in [0, 0.05) is 60.8 Å². The van der Waals surface area contributed by atoms with Gasteiger partial charge in [0.1, 0.15) is 35.0 Å². The Kier molecular flexibility index (Phi) is 9.48. The topological polar surface area (TPSA) is 158 Å². The van der Waals surface area contributed by atoms with Gasteiger partial charge in [-0.25, -0.2) is 15.4 Å². The maximum atomic E-state index is 11.2. The number of carbonyl (C=O) groups is 1. The Balaban J connectivity index is 1.33. The van der Waals surface area contributed by atoms with Crippen LogP contribution in [-0.2, 0) is 11.3 Å². The van der Waals surface area contributed by atoms with Crippen LogP contribution >= 0.6 is 11.6 Å². The number of hydrogen-bond donors (Lipinski definition) is 4. The summed E-state index contributed by atoms with van der Waals surface area (Å²) in [5.41, 5.74) is 6.73. The fourth-order valence-corrected chi connectivity index (χ4v) is 5.28. The normalized spacial score (nSPS) is 13.4. The molecule has 1 amide bonds. The van der Waals surface area contributed by atoms with Gasteiger partial charge in [0.05, 0.1) is 5.02 Å². The van der Waals surface area contributed by atoms with Crippen LogP contribution in [0, 0.1) is 22.7 Å². The molecule has 1 saturated heterocycles. The van der Waals surface area contributed by atoms with Gasteiger partial charge in [-0.1, -0.05) is 41.9 Å². The number of hydroxylamine groups is 1. The summed E-state index contributed by atoms with van der Waals surface area (Å²) in [6.45, 7) is 2.08. The lowest BCUT2D eigenvalue weighted by Crippen LogP contribution is -2.42. The van der Waals surface area contributed by atoms with Gasteiger partial charge in [-0.3, -0.25) is 10.0 Å². The Labute approximate surface area is 259 Å². The summed E-state index contributed by atoms with van der Waals surface area (Å²) in [7, 11) is 0. The molecular formula is C33H28ClN7O3. The molecule has 3 heterocycles. The van der Waals surface area contributed by atoms with Gasteiger partial charge in [0.25, 0.3) is 5.91 Å². The molecule has 0 bridgehead atoms. The third-order valence-corrected chi connectivity index (χ3v) is 7.82. The third-order valence-electron chi connectivity index (χ3n) is 7.50. The fourth-order valence-electron chi connectivity index (χ4n) is 5.17. The van der Waals surface area contributed by atoms with Gasteiger partial charge in [-0.05, 0) is 59.9 Å². The minimum Gasteiger partial charge on any atom is -0.506 e. The molecule has 0 aliphatic carbocycles.